The van der Waals surface area contributed by atoms with Gasteiger partial charge in [0, 0.05) is 24.9 Å². The van der Waals surface area contributed by atoms with Gasteiger partial charge in [0.1, 0.15) is 5.82 Å². The van der Waals surface area contributed by atoms with Crippen LogP contribution in [0.1, 0.15) is 5.69 Å². The van der Waals surface area contributed by atoms with Crippen molar-refractivity contribution < 1.29 is 0 Å². The lowest BCUT2D eigenvalue weighted by atomic mass is 10.0. The van der Waals surface area contributed by atoms with E-state index in [9.17, 15) is 4.79 Å². The molecule has 0 amide bonds. The third-order valence-corrected chi connectivity index (χ3v) is 4.35. The van der Waals surface area contributed by atoms with E-state index in [0.29, 0.717) is 29.3 Å². The highest BCUT2D eigenvalue weighted by Crippen LogP contribution is 2.35. The van der Waals surface area contributed by atoms with Gasteiger partial charge < -0.3 is 11.1 Å². The minimum absolute atomic E-state index is 0.140. The molecule has 29 heavy (non-hydrogen) atoms. The second-order valence-corrected chi connectivity index (χ2v) is 6.38. The van der Waals surface area contributed by atoms with Crippen molar-refractivity contribution in [2.75, 3.05) is 11.1 Å². The second kappa shape index (κ2) is 7.89. The Kier molecular flexibility index (Phi) is 4.98. The highest BCUT2D eigenvalue weighted by Gasteiger charge is 2.19. The Morgan fingerprint density at radius 3 is 2.52 bits per heavy atom. The molecule has 0 aliphatic carbocycles. The Balaban J connectivity index is 1.88. The zero-order valence-electron chi connectivity index (χ0n) is 15.8. The largest absolute Gasteiger partial charge is 0.368 e. The number of anilines is 2. The summed E-state index contributed by atoms with van der Waals surface area (Å²) in [5.74, 6) is 0.661. The van der Waals surface area contributed by atoms with Crippen LogP contribution in [0.3, 0.4) is 0 Å². The summed E-state index contributed by atoms with van der Waals surface area (Å²) in [6.45, 7) is 0.449. The number of benzene rings is 1. The highest BCUT2D eigenvalue weighted by atomic mass is 16.1. The summed E-state index contributed by atoms with van der Waals surface area (Å²) < 4.78 is 1.28. The van der Waals surface area contributed by atoms with Crippen LogP contribution in [0.15, 0.2) is 71.7 Å². The first-order valence-electron chi connectivity index (χ1n) is 9.03. The van der Waals surface area contributed by atoms with E-state index >= 15 is 0 Å². The first kappa shape index (κ1) is 18.3. The minimum atomic E-state index is -0.200. The van der Waals surface area contributed by atoms with E-state index in [4.69, 9.17) is 5.73 Å². The summed E-state index contributed by atoms with van der Waals surface area (Å²) in [6, 6.07) is 18.5. The summed E-state index contributed by atoms with van der Waals surface area (Å²) in [4.78, 5) is 25.0. The topological polar surface area (TPSA) is 112 Å². The van der Waals surface area contributed by atoms with Gasteiger partial charge in [-0.2, -0.15) is 10.1 Å². The summed E-state index contributed by atoms with van der Waals surface area (Å²) in [5, 5.41) is 7.69. The van der Waals surface area contributed by atoms with Gasteiger partial charge in [0.05, 0.1) is 29.2 Å². The predicted octanol–water partition coefficient (Wildman–Crippen LogP) is 2.49. The van der Waals surface area contributed by atoms with Gasteiger partial charge in [0.15, 0.2) is 0 Å². The molecule has 3 heterocycles. The van der Waals surface area contributed by atoms with Crippen molar-refractivity contribution in [2.45, 2.75) is 6.54 Å². The van der Waals surface area contributed by atoms with Crippen LogP contribution in [-0.4, -0.2) is 24.7 Å². The smallest absolute Gasteiger partial charge is 0.266 e. The van der Waals surface area contributed by atoms with Crippen molar-refractivity contribution in [3.8, 4) is 22.5 Å². The van der Waals surface area contributed by atoms with Gasteiger partial charge in [-0.05, 0) is 18.2 Å². The van der Waals surface area contributed by atoms with Gasteiger partial charge in [-0.25, -0.2) is 9.67 Å². The van der Waals surface area contributed by atoms with E-state index in [0.717, 1.165) is 11.3 Å². The standard InChI is InChI=1S/C21H19N7O/c1-28-17(29)11-10-16(27-28)18-19(14-7-3-2-4-8-14)25-21(22)26-20(18)24-13-15-9-5-6-12-23-15/h2-12H,13H2,1H3,(H3,22,24,25,26). The normalized spacial score (nSPS) is 10.7. The second-order valence-electron chi connectivity index (χ2n) is 6.38. The molecule has 3 N–H and O–H groups in total. The van der Waals surface area contributed by atoms with E-state index in [1.165, 1.54) is 10.7 Å². The average Bonchev–Trinajstić information content (AvgIpc) is 2.75. The molecule has 4 rings (SSSR count). The molecule has 8 nitrogen and oxygen atoms in total. The van der Waals surface area contributed by atoms with Gasteiger partial charge in [0.25, 0.3) is 5.56 Å². The van der Waals surface area contributed by atoms with Crippen molar-refractivity contribution in [3.05, 3.63) is 82.9 Å². The van der Waals surface area contributed by atoms with Gasteiger partial charge >= 0.3 is 0 Å². The van der Waals surface area contributed by atoms with Crippen molar-refractivity contribution in [1.82, 2.24) is 24.7 Å². The lowest BCUT2D eigenvalue weighted by Crippen LogP contribution is -2.19. The van der Waals surface area contributed by atoms with Crippen molar-refractivity contribution >= 4 is 11.8 Å². The number of nitrogens with zero attached hydrogens (tertiary/aromatic N) is 5. The maximum absolute atomic E-state index is 11.8. The number of pyridine rings is 1. The van der Waals surface area contributed by atoms with Gasteiger partial charge in [-0.3, -0.25) is 9.78 Å². The summed E-state index contributed by atoms with van der Waals surface area (Å²) >= 11 is 0. The molecule has 0 bridgehead atoms. The van der Waals surface area contributed by atoms with Crippen LogP contribution in [0.2, 0.25) is 0 Å². The Hall–Kier alpha value is -4.07. The number of nitrogens with two attached hydrogens (primary N) is 1. The van der Waals surface area contributed by atoms with E-state index in [1.54, 1.807) is 19.3 Å². The molecule has 144 valence electrons. The van der Waals surface area contributed by atoms with E-state index < -0.39 is 0 Å². The first-order valence-corrected chi connectivity index (χ1v) is 9.03. The fraction of sp³-hybridized carbons (Fsp3) is 0.0952. The lowest BCUT2D eigenvalue weighted by Gasteiger charge is -2.15. The lowest BCUT2D eigenvalue weighted by molar-refractivity contribution is 0.712. The maximum Gasteiger partial charge on any atom is 0.266 e. The van der Waals surface area contributed by atoms with Crippen molar-refractivity contribution in [2.24, 2.45) is 7.05 Å². The molecule has 0 aliphatic rings. The third-order valence-electron chi connectivity index (χ3n) is 4.35. The van der Waals surface area contributed by atoms with Crippen molar-refractivity contribution in [1.29, 1.82) is 0 Å². The molecule has 0 atom stereocenters. The van der Waals surface area contributed by atoms with Gasteiger partial charge in [-0.15, -0.1) is 0 Å². The number of nitrogen functional groups attached to an aromatic ring is 1. The zero-order chi connectivity index (χ0) is 20.2. The Bertz CT molecular complexity index is 1190. The van der Waals surface area contributed by atoms with Crippen LogP contribution in [0, 0.1) is 0 Å². The van der Waals surface area contributed by atoms with Gasteiger partial charge in [0.2, 0.25) is 5.95 Å². The molecule has 0 unspecified atom stereocenters. The van der Waals surface area contributed by atoms with E-state index in [1.807, 2.05) is 48.5 Å². The van der Waals surface area contributed by atoms with Crippen LogP contribution in [0.25, 0.3) is 22.5 Å². The quantitative estimate of drug-likeness (QED) is 0.543. The molecule has 0 saturated heterocycles. The monoisotopic (exact) mass is 385 g/mol. The molecular formula is C21H19N7O. The van der Waals surface area contributed by atoms with E-state index in [-0.39, 0.29) is 11.5 Å². The zero-order valence-corrected chi connectivity index (χ0v) is 15.8. The molecule has 1 aromatic carbocycles. The van der Waals surface area contributed by atoms with Crippen LogP contribution in [0.5, 0.6) is 0 Å². The molecule has 0 aliphatic heterocycles. The number of aryl methyl sites for hydroxylation is 1. The molecule has 0 fully saturated rings. The fourth-order valence-corrected chi connectivity index (χ4v) is 2.97. The molecule has 8 heteroatoms. The highest BCUT2D eigenvalue weighted by molar-refractivity contribution is 5.87. The predicted molar refractivity (Wildman–Crippen MR) is 112 cm³/mol. The molecule has 0 saturated carbocycles. The van der Waals surface area contributed by atoms with Crippen LogP contribution < -0.4 is 16.6 Å². The number of hydrogen-bond acceptors (Lipinski definition) is 7. The SMILES string of the molecule is Cn1nc(-c2c(NCc3ccccn3)nc(N)nc2-c2ccccc2)ccc1=O. The summed E-state index contributed by atoms with van der Waals surface area (Å²) in [5.41, 5.74) is 9.39. The van der Waals surface area contributed by atoms with E-state index in [2.05, 4.69) is 25.4 Å². The van der Waals surface area contributed by atoms with Crippen LogP contribution in [0.4, 0.5) is 11.8 Å². The fourth-order valence-electron chi connectivity index (χ4n) is 2.97. The van der Waals surface area contributed by atoms with Crippen LogP contribution >= 0.6 is 0 Å². The first-order chi connectivity index (χ1) is 14.1. The molecule has 0 radical (unpaired) electrons. The number of nitrogens with one attached hydrogen (secondary N) is 1. The Labute approximate surface area is 167 Å². The average molecular weight is 385 g/mol. The molecule has 3 aromatic heterocycles. The Morgan fingerprint density at radius 2 is 1.79 bits per heavy atom. The molecule has 4 aromatic rings. The Morgan fingerprint density at radius 1 is 1.00 bits per heavy atom. The third kappa shape index (κ3) is 3.96. The number of aromatic nitrogens is 5. The molecule has 0 spiro atoms. The van der Waals surface area contributed by atoms with Gasteiger partial charge in [-0.1, -0.05) is 36.4 Å². The summed E-state index contributed by atoms with van der Waals surface area (Å²) in [7, 11) is 1.60. The maximum atomic E-state index is 11.8. The van der Waals surface area contributed by atoms with Crippen molar-refractivity contribution in [3.63, 3.8) is 0 Å². The molecular weight excluding hydrogens is 366 g/mol. The minimum Gasteiger partial charge on any atom is -0.368 e. The summed E-state index contributed by atoms with van der Waals surface area (Å²) in [6.07, 6.45) is 1.73. The number of hydrogen-bond donors (Lipinski definition) is 2. The number of rotatable bonds is 5. The van der Waals surface area contributed by atoms with Crippen LogP contribution in [-0.2, 0) is 13.6 Å².